The topological polar surface area (TPSA) is 38.7 Å². The summed E-state index contributed by atoms with van der Waals surface area (Å²) in [5.41, 5.74) is 7.71. The summed E-state index contributed by atoms with van der Waals surface area (Å²) in [5.74, 6) is 1.97. The minimum Gasteiger partial charge on any atom is -0.208 e. The van der Waals surface area contributed by atoms with Crippen molar-refractivity contribution in [3.8, 4) is 56.4 Å². The molecule has 0 atom stereocenters. The molecule has 0 fully saturated rings. The van der Waals surface area contributed by atoms with E-state index in [9.17, 15) is 0 Å². The Balaban J connectivity index is 1.08. The van der Waals surface area contributed by atoms with Gasteiger partial charge in [-0.2, -0.15) is 0 Å². The maximum atomic E-state index is 5.04. The van der Waals surface area contributed by atoms with Gasteiger partial charge in [0.15, 0.2) is 17.5 Å². The first kappa shape index (κ1) is 29.9. The van der Waals surface area contributed by atoms with Gasteiger partial charge in [0.2, 0.25) is 0 Å². The molecule has 0 bridgehead atoms. The zero-order valence-electron chi connectivity index (χ0n) is 28.2. The van der Waals surface area contributed by atoms with Crippen molar-refractivity contribution >= 4 is 43.1 Å². The second-order valence-corrected chi connectivity index (χ2v) is 13.2. The summed E-state index contributed by atoms with van der Waals surface area (Å²) in [6, 6.07) is 66.6. The van der Waals surface area contributed by atoms with Crippen molar-refractivity contribution in [2.75, 3.05) is 0 Å². The van der Waals surface area contributed by atoms with Crippen molar-refractivity contribution in [2.45, 2.75) is 0 Å². The monoisotopic (exact) mass is 661 g/mol. The van der Waals surface area contributed by atoms with Crippen molar-refractivity contribution in [2.24, 2.45) is 0 Å². The summed E-state index contributed by atoms with van der Waals surface area (Å²) in [7, 11) is 0. The average molecular weight is 662 g/mol. The third-order valence-electron chi connectivity index (χ3n) is 10.1. The van der Waals surface area contributed by atoms with Crippen molar-refractivity contribution in [3.05, 3.63) is 188 Å². The van der Waals surface area contributed by atoms with E-state index in [0.717, 1.165) is 27.5 Å². The van der Waals surface area contributed by atoms with Crippen molar-refractivity contribution < 1.29 is 0 Å². The fourth-order valence-corrected chi connectivity index (χ4v) is 7.55. The summed E-state index contributed by atoms with van der Waals surface area (Å²) in [6.45, 7) is 0. The van der Waals surface area contributed by atoms with Gasteiger partial charge in [-0.1, -0.05) is 164 Å². The molecule has 0 saturated heterocycles. The Morgan fingerprint density at radius 3 is 1.29 bits per heavy atom. The maximum Gasteiger partial charge on any atom is 0.164 e. The SMILES string of the molecule is c1ccc(-c2nc(-c3ccccc3)nc(-c3ccc(-c4ccc5cc(-c6cc7ccccc7c7ccccc67)ccc5c4)c4ccccc34)n2)cc1. The van der Waals surface area contributed by atoms with Crippen molar-refractivity contribution in [3.63, 3.8) is 0 Å². The lowest BCUT2D eigenvalue weighted by atomic mass is 9.91. The Labute approximate surface area is 301 Å². The molecule has 0 radical (unpaired) electrons. The third-order valence-corrected chi connectivity index (χ3v) is 10.1. The highest BCUT2D eigenvalue weighted by atomic mass is 15.0. The highest BCUT2D eigenvalue weighted by Crippen LogP contribution is 2.39. The maximum absolute atomic E-state index is 5.04. The number of hydrogen-bond acceptors (Lipinski definition) is 3. The van der Waals surface area contributed by atoms with Gasteiger partial charge >= 0.3 is 0 Å². The zero-order chi connectivity index (χ0) is 34.4. The lowest BCUT2D eigenvalue weighted by Crippen LogP contribution is -2.00. The zero-order valence-corrected chi connectivity index (χ0v) is 28.2. The van der Waals surface area contributed by atoms with Gasteiger partial charge < -0.3 is 0 Å². The van der Waals surface area contributed by atoms with Crippen LogP contribution in [0.4, 0.5) is 0 Å². The van der Waals surface area contributed by atoms with Gasteiger partial charge in [0.25, 0.3) is 0 Å². The molecule has 0 aliphatic carbocycles. The van der Waals surface area contributed by atoms with Crippen LogP contribution in [0.5, 0.6) is 0 Å². The molecule has 1 heterocycles. The molecule has 52 heavy (non-hydrogen) atoms. The lowest BCUT2D eigenvalue weighted by Gasteiger charge is -2.14. The van der Waals surface area contributed by atoms with E-state index in [2.05, 4.69) is 127 Å². The van der Waals surface area contributed by atoms with Crippen LogP contribution in [0.15, 0.2) is 188 Å². The second-order valence-electron chi connectivity index (χ2n) is 13.2. The van der Waals surface area contributed by atoms with E-state index in [1.165, 1.54) is 54.6 Å². The molecule has 0 unspecified atom stereocenters. The number of hydrogen-bond donors (Lipinski definition) is 0. The first-order valence-electron chi connectivity index (χ1n) is 17.6. The molecule has 3 nitrogen and oxygen atoms in total. The molecule has 0 N–H and O–H groups in total. The Morgan fingerprint density at radius 1 is 0.231 bits per heavy atom. The Kier molecular flexibility index (Phi) is 7.14. The van der Waals surface area contributed by atoms with Crippen LogP contribution in [0.3, 0.4) is 0 Å². The molecule has 0 aliphatic rings. The minimum absolute atomic E-state index is 0.655. The molecule has 0 amide bonds. The van der Waals surface area contributed by atoms with Gasteiger partial charge in [-0.3, -0.25) is 0 Å². The molecule has 1 aromatic heterocycles. The lowest BCUT2D eigenvalue weighted by molar-refractivity contribution is 1.08. The fraction of sp³-hybridized carbons (Fsp3) is 0. The third kappa shape index (κ3) is 5.19. The first-order valence-corrected chi connectivity index (χ1v) is 17.6. The molecule has 0 spiro atoms. The van der Waals surface area contributed by atoms with E-state index in [1.807, 2.05) is 60.7 Å². The van der Waals surface area contributed by atoms with Crippen LogP contribution >= 0.6 is 0 Å². The Morgan fingerprint density at radius 2 is 0.673 bits per heavy atom. The number of benzene rings is 9. The average Bonchev–Trinajstić information content (AvgIpc) is 3.23. The van der Waals surface area contributed by atoms with Gasteiger partial charge in [0.1, 0.15) is 0 Å². The van der Waals surface area contributed by atoms with Crippen LogP contribution in [0.2, 0.25) is 0 Å². The molecule has 10 rings (SSSR count). The smallest absolute Gasteiger partial charge is 0.164 e. The number of aromatic nitrogens is 3. The van der Waals surface area contributed by atoms with Crippen LogP contribution in [0.25, 0.3) is 99.5 Å². The van der Waals surface area contributed by atoms with Gasteiger partial charge in [-0.25, -0.2) is 15.0 Å². The predicted octanol–water partition coefficient (Wildman–Crippen LogP) is 12.8. The van der Waals surface area contributed by atoms with Crippen molar-refractivity contribution in [1.29, 1.82) is 0 Å². The predicted molar refractivity (Wildman–Crippen MR) is 217 cm³/mol. The van der Waals surface area contributed by atoms with Gasteiger partial charge in [0, 0.05) is 16.7 Å². The summed E-state index contributed by atoms with van der Waals surface area (Å²) >= 11 is 0. The van der Waals surface area contributed by atoms with Crippen LogP contribution in [0, 0.1) is 0 Å². The summed E-state index contributed by atoms with van der Waals surface area (Å²) in [5, 5.41) is 9.77. The van der Waals surface area contributed by atoms with Crippen LogP contribution < -0.4 is 0 Å². The molecule has 242 valence electrons. The van der Waals surface area contributed by atoms with Crippen LogP contribution in [-0.2, 0) is 0 Å². The standard InChI is InChI=1S/C49H31N3/c1-3-13-32(14-4-1)47-50-48(33-15-5-2-6-16-33)52-49(51-47)45-28-27-40(42-20-9-11-21-43(42)45)37-25-23-35-30-38(26-24-34(35)29-37)46-31-36-17-7-8-18-39(36)41-19-10-12-22-44(41)46/h1-31H. The van der Waals surface area contributed by atoms with Crippen LogP contribution in [-0.4, -0.2) is 15.0 Å². The first-order chi connectivity index (χ1) is 25.8. The van der Waals surface area contributed by atoms with E-state index in [-0.39, 0.29) is 0 Å². The van der Waals surface area contributed by atoms with E-state index in [0.29, 0.717) is 17.5 Å². The van der Waals surface area contributed by atoms with Gasteiger partial charge in [-0.15, -0.1) is 0 Å². The number of fused-ring (bicyclic) bond motifs is 5. The quantitative estimate of drug-likeness (QED) is 0.172. The number of rotatable bonds is 5. The summed E-state index contributed by atoms with van der Waals surface area (Å²) in [6.07, 6.45) is 0. The van der Waals surface area contributed by atoms with Gasteiger partial charge in [-0.05, 0) is 89.6 Å². The Bertz CT molecular complexity index is 2890. The molecular formula is C49H31N3. The highest BCUT2D eigenvalue weighted by molar-refractivity contribution is 6.14. The van der Waals surface area contributed by atoms with Crippen LogP contribution in [0.1, 0.15) is 0 Å². The fourth-order valence-electron chi connectivity index (χ4n) is 7.55. The largest absolute Gasteiger partial charge is 0.208 e. The molecule has 0 saturated carbocycles. The highest BCUT2D eigenvalue weighted by Gasteiger charge is 2.16. The summed E-state index contributed by atoms with van der Waals surface area (Å²) in [4.78, 5) is 15.0. The van der Waals surface area contributed by atoms with E-state index in [4.69, 9.17) is 15.0 Å². The van der Waals surface area contributed by atoms with E-state index < -0.39 is 0 Å². The molecule has 10 aromatic rings. The Hall–Kier alpha value is -6.97. The van der Waals surface area contributed by atoms with E-state index >= 15 is 0 Å². The van der Waals surface area contributed by atoms with E-state index in [1.54, 1.807) is 0 Å². The van der Waals surface area contributed by atoms with Crippen molar-refractivity contribution in [1.82, 2.24) is 15.0 Å². The normalized spacial score (nSPS) is 11.5. The van der Waals surface area contributed by atoms with Gasteiger partial charge in [0.05, 0.1) is 0 Å². The molecule has 9 aromatic carbocycles. The second kappa shape index (κ2) is 12.4. The molecule has 3 heteroatoms. The molecule has 0 aliphatic heterocycles. The number of nitrogens with zero attached hydrogens (tertiary/aromatic N) is 3. The molecular weight excluding hydrogens is 631 g/mol. The summed E-state index contributed by atoms with van der Waals surface area (Å²) < 4.78 is 0. The minimum atomic E-state index is 0.655.